The third kappa shape index (κ3) is 4.81. The van der Waals surface area contributed by atoms with Gasteiger partial charge < -0.3 is 4.90 Å². The smallest absolute Gasteiger partial charge is 0.0521 e. The van der Waals surface area contributed by atoms with Crippen LogP contribution in [-0.2, 0) is 0 Å². The van der Waals surface area contributed by atoms with Gasteiger partial charge in [0.25, 0.3) is 0 Å². The Bertz CT molecular complexity index is 368. The second kappa shape index (κ2) is 10.9. The van der Waals surface area contributed by atoms with Crippen molar-refractivity contribution in [2.75, 3.05) is 13.1 Å². The Balaban J connectivity index is 0. The Kier molecular flexibility index (Phi) is 11.3. The summed E-state index contributed by atoms with van der Waals surface area (Å²) in [5.41, 5.74) is 11.4. The molecular formula is C16H25N. The first-order valence-corrected chi connectivity index (χ1v) is 6.23. The van der Waals surface area contributed by atoms with E-state index in [1.807, 2.05) is 27.7 Å². The van der Waals surface area contributed by atoms with Crippen molar-refractivity contribution in [2.45, 2.75) is 34.6 Å². The number of allylic oxidation sites excluding steroid dienone is 1. The summed E-state index contributed by atoms with van der Waals surface area (Å²) in [4.78, 5) is 2.15. The van der Waals surface area contributed by atoms with Gasteiger partial charge in [-0.25, -0.2) is 0 Å². The highest BCUT2D eigenvalue weighted by Crippen LogP contribution is 2.28. The summed E-state index contributed by atoms with van der Waals surface area (Å²) >= 11 is 0. The van der Waals surface area contributed by atoms with E-state index in [0.29, 0.717) is 0 Å². The molecule has 0 aromatic carbocycles. The molecule has 1 aliphatic rings. The van der Waals surface area contributed by atoms with E-state index in [9.17, 15) is 0 Å². The van der Waals surface area contributed by atoms with Crippen LogP contribution in [-0.4, -0.2) is 18.0 Å². The number of rotatable bonds is 1. The summed E-state index contributed by atoms with van der Waals surface area (Å²) in [5, 5.41) is 0. The van der Waals surface area contributed by atoms with Gasteiger partial charge in [-0.1, -0.05) is 52.3 Å². The van der Waals surface area contributed by atoms with Gasteiger partial charge in [0, 0.05) is 17.8 Å². The summed E-state index contributed by atoms with van der Waals surface area (Å²) in [6.45, 7) is 22.9. The molecule has 1 nitrogen and oxygen atoms in total. The zero-order valence-corrected chi connectivity index (χ0v) is 12.0. The quantitative estimate of drug-likeness (QED) is 0.602. The van der Waals surface area contributed by atoms with Gasteiger partial charge in [-0.3, -0.25) is 0 Å². The lowest BCUT2D eigenvalue weighted by molar-refractivity contribution is 0.434. The monoisotopic (exact) mass is 231 g/mol. The Morgan fingerprint density at radius 1 is 1.18 bits per heavy atom. The van der Waals surface area contributed by atoms with Crippen LogP contribution in [0.2, 0.25) is 0 Å². The maximum absolute atomic E-state index is 3.97. The fourth-order valence-corrected chi connectivity index (χ4v) is 1.42. The average Bonchev–Trinajstić information content (AvgIpc) is 2.70. The average molecular weight is 231 g/mol. The molecule has 0 aliphatic carbocycles. The molecule has 94 valence electrons. The second-order valence-corrected chi connectivity index (χ2v) is 2.79. The SMILES string of the molecule is C=C=C=C1CN(CC)C(=C)C1=C=C.CC.CC. The van der Waals surface area contributed by atoms with Gasteiger partial charge in [0.15, 0.2) is 0 Å². The highest BCUT2D eigenvalue weighted by atomic mass is 15.1. The molecule has 0 unspecified atom stereocenters. The highest BCUT2D eigenvalue weighted by molar-refractivity contribution is 5.49. The van der Waals surface area contributed by atoms with Gasteiger partial charge in [0.2, 0.25) is 0 Å². The molecule has 1 heterocycles. The van der Waals surface area contributed by atoms with Crippen LogP contribution in [0.25, 0.3) is 0 Å². The Hall–Kier alpha value is -1.64. The van der Waals surface area contributed by atoms with Crippen molar-refractivity contribution in [2.24, 2.45) is 0 Å². The van der Waals surface area contributed by atoms with E-state index in [1.165, 1.54) is 0 Å². The molecule has 0 amide bonds. The zero-order valence-electron chi connectivity index (χ0n) is 12.0. The standard InChI is InChI=1S/C12H13N.2C2H6/c1-5-8-11-9-13(7-3)10(4)12(11)6-2;2*1-2/h1-2,4,7,9H2,3H3;2*1-2H3. The third-order valence-corrected chi connectivity index (χ3v) is 2.12. The van der Waals surface area contributed by atoms with Crippen molar-refractivity contribution < 1.29 is 0 Å². The molecule has 0 aromatic rings. The zero-order chi connectivity index (χ0) is 13.8. The molecular weight excluding hydrogens is 206 g/mol. The van der Waals surface area contributed by atoms with E-state index in [2.05, 4.69) is 48.8 Å². The van der Waals surface area contributed by atoms with Crippen LogP contribution in [0.1, 0.15) is 34.6 Å². The Labute approximate surface area is 107 Å². The van der Waals surface area contributed by atoms with Crippen molar-refractivity contribution in [1.29, 1.82) is 0 Å². The molecule has 0 saturated carbocycles. The van der Waals surface area contributed by atoms with Crippen LogP contribution in [0.4, 0.5) is 0 Å². The van der Waals surface area contributed by atoms with Gasteiger partial charge in [0.05, 0.1) is 12.1 Å². The largest absolute Gasteiger partial charge is 0.366 e. The molecule has 0 atom stereocenters. The minimum Gasteiger partial charge on any atom is -0.366 e. The third-order valence-electron chi connectivity index (χ3n) is 2.12. The Morgan fingerprint density at radius 2 is 1.71 bits per heavy atom. The highest BCUT2D eigenvalue weighted by Gasteiger charge is 2.23. The predicted octanol–water partition coefficient (Wildman–Crippen LogP) is 4.47. The normalized spacial score (nSPS) is 12.5. The molecule has 1 heteroatoms. The molecule has 0 aromatic heterocycles. The first-order chi connectivity index (χ1) is 8.24. The summed E-state index contributed by atoms with van der Waals surface area (Å²) < 4.78 is 0. The molecule has 0 radical (unpaired) electrons. The number of hydrogen-bond donors (Lipinski definition) is 0. The topological polar surface area (TPSA) is 3.24 Å². The summed E-state index contributed by atoms with van der Waals surface area (Å²) in [5.74, 6) is 0. The molecule has 0 N–H and O–H groups in total. The predicted molar refractivity (Wildman–Crippen MR) is 77.9 cm³/mol. The molecule has 1 rings (SSSR count). The maximum Gasteiger partial charge on any atom is 0.0521 e. The molecule has 1 aliphatic heterocycles. The van der Waals surface area contributed by atoms with E-state index in [-0.39, 0.29) is 0 Å². The van der Waals surface area contributed by atoms with Crippen molar-refractivity contribution in [3.8, 4) is 0 Å². The lowest BCUT2D eigenvalue weighted by Crippen LogP contribution is -2.16. The Morgan fingerprint density at radius 3 is 2.06 bits per heavy atom. The van der Waals surface area contributed by atoms with Crippen LogP contribution in [0.15, 0.2) is 53.8 Å². The number of likely N-dealkylation sites (tertiary alicyclic amines) is 1. The van der Waals surface area contributed by atoms with Crippen LogP contribution in [0.3, 0.4) is 0 Å². The number of hydrogen-bond acceptors (Lipinski definition) is 1. The fourth-order valence-electron chi connectivity index (χ4n) is 1.42. The van der Waals surface area contributed by atoms with E-state index in [1.54, 1.807) is 0 Å². The van der Waals surface area contributed by atoms with Gasteiger partial charge in [-0.15, -0.1) is 5.73 Å². The summed E-state index contributed by atoms with van der Waals surface area (Å²) in [7, 11) is 0. The first-order valence-electron chi connectivity index (χ1n) is 6.23. The second-order valence-electron chi connectivity index (χ2n) is 2.79. The minimum atomic E-state index is 0.815. The van der Waals surface area contributed by atoms with Gasteiger partial charge in [0.1, 0.15) is 0 Å². The first kappa shape index (κ1) is 17.7. The van der Waals surface area contributed by atoms with Crippen LogP contribution < -0.4 is 0 Å². The molecule has 17 heavy (non-hydrogen) atoms. The van der Waals surface area contributed by atoms with Gasteiger partial charge in [-0.2, -0.15) is 0 Å². The van der Waals surface area contributed by atoms with E-state index in [0.717, 1.165) is 29.9 Å². The van der Waals surface area contributed by atoms with Crippen LogP contribution in [0, 0.1) is 0 Å². The maximum atomic E-state index is 3.97. The number of nitrogens with zero attached hydrogens (tertiary/aromatic N) is 1. The summed E-state index contributed by atoms with van der Waals surface area (Å²) in [6.07, 6.45) is 0. The van der Waals surface area contributed by atoms with Crippen molar-refractivity contribution >= 4 is 0 Å². The lowest BCUT2D eigenvalue weighted by Gasteiger charge is -2.14. The molecule has 1 saturated heterocycles. The van der Waals surface area contributed by atoms with Crippen molar-refractivity contribution in [1.82, 2.24) is 4.90 Å². The van der Waals surface area contributed by atoms with E-state index in [4.69, 9.17) is 0 Å². The fraction of sp³-hybridized carbons (Fsp3) is 0.438. The van der Waals surface area contributed by atoms with Crippen LogP contribution in [0.5, 0.6) is 0 Å². The molecule has 0 bridgehead atoms. The molecule has 0 spiro atoms. The molecule has 1 fully saturated rings. The van der Waals surface area contributed by atoms with Gasteiger partial charge in [-0.05, 0) is 13.5 Å². The summed E-state index contributed by atoms with van der Waals surface area (Å²) in [6, 6.07) is 0. The van der Waals surface area contributed by atoms with Gasteiger partial charge >= 0.3 is 0 Å². The van der Waals surface area contributed by atoms with Crippen molar-refractivity contribution in [3.05, 3.63) is 53.8 Å². The van der Waals surface area contributed by atoms with Crippen LogP contribution >= 0.6 is 0 Å². The number of likely N-dealkylation sites (N-methyl/N-ethyl adjacent to an activating group) is 1. The van der Waals surface area contributed by atoms with E-state index < -0.39 is 0 Å². The van der Waals surface area contributed by atoms with Crippen molar-refractivity contribution in [3.63, 3.8) is 0 Å². The minimum absolute atomic E-state index is 0.815. The lowest BCUT2D eigenvalue weighted by atomic mass is 10.1. The van der Waals surface area contributed by atoms with E-state index >= 15 is 0 Å².